The molecule has 3 heteroatoms. The number of hydrogen-bond donors (Lipinski definition) is 1. The molecule has 0 bridgehead atoms. The van der Waals surface area contributed by atoms with E-state index in [2.05, 4.69) is 4.98 Å². The van der Waals surface area contributed by atoms with Crippen LogP contribution >= 0.6 is 11.6 Å². The Morgan fingerprint density at radius 2 is 1.87 bits per heavy atom. The molecule has 1 aromatic heterocycles. The maximum Gasteiger partial charge on any atom is 0.133 e. The van der Waals surface area contributed by atoms with E-state index in [4.69, 9.17) is 17.3 Å². The second-order valence-corrected chi connectivity index (χ2v) is 3.60. The smallest absolute Gasteiger partial charge is 0.133 e. The van der Waals surface area contributed by atoms with Gasteiger partial charge in [-0.3, -0.25) is 0 Å². The predicted octanol–water partition coefficient (Wildman–Crippen LogP) is 2.86. The average molecular weight is 219 g/mol. The maximum absolute atomic E-state index is 5.89. The topological polar surface area (TPSA) is 38.9 Å². The molecule has 0 saturated heterocycles. The number of pyridine rings is 1. The molecule has 0 aliphatic carbocycles. The molecule has 0 unspecified atom stereocenters. The van der Waals surface area contributed by atoms with Crippen molar-refractivity contribution in [1.29, 1.82) is 0 Å². The molecule has 0 atom stereocenters. The SMILES string of the molecule is NCc1cc(-c2ccccc2)cnc1Cl. The van der Waals surface area contributed by atoms with Crippen molar-refractivity contribution >= 4 is 11.6 Å². The van der Waals surface area contributed by atoms with Gasteiger partial charge in [0.1, 0.15) is 5.15 Å². The first-order chi connectivity index (χ1) is 7.31. The van der Waals surface area contributed by atoms with Crippen molar-refractivity contribution in [3.63, 3.8) is 0 Å². The molecule has 1 aromatic carbocycles. The van der Waals surface area contributed by atoms with E-state index in [0.717, 1.165) is 16.7 Å². The number of rotatable bonds is 2. The van der Waals surface area contributed by atoms with Crippen LogP contribution in [0, 0.1) is 0 Å². The second-order valence-electron chi connectivity index (χ2n) is 3.24. The summed E-state index contributed by atoms with van der Waals surface area (Å²) in [6.45, 7) is 0.409. The van der Waals surface area contributed by atoms with Crippen LogP contribution in [0.4, 0.5) is 0 Å². The Balaban J connectivity index is 2.46. The fourth-order valence-corrected chi connectivity index (χ4v) is 1.61. The minimum atomic E-state index is 0.409. The molecule has 0 amide bonds. The minimum absolute atomic E-state index is 0.409. The number of benzene rings is 1. The molecular formula is C12H11ClN2. The van der Waals surface area contributed by atoms with Crippen molar-refractivity contribution in [2.45, 2.75) is 6.54 Å². The lowest BCUT2D eigenvalue weighted by Gasteiger charge is -2.04. The van der Waals surface area contributed by atoms with Crippen molar-refractivity contribution in [1.82, 2.24) is 4.98 Å². The molecule has 2 aromatic rings. The lowest BCUT2D eigenvalue weighted by molar-refractivity contribution is 1.05. The van der Waals surface area contributed by atoms with Gasteiger partial charge >= 0.3 is 0 Å². The Kier molecular flexibility index (Phi) is 2.99. The molecule has 0 radical (unpaired) electrons. The molecule has 0 saturated carbocycles. The largest absolute Gasteiger partial charge is 0.326 e. The van der Waals surface area contributed by atoms with Gasteiger partial charge in [-0.15, -0.1) is 0 Å². The average Bonchev–Trinajstić information content (AvgIpc) is 2.31. The van der Waals surface area contributed by atoms with Crippen LogP contribution in [0.5, 0.6) is 0 Å². The molecule has 15 heavy (non-hydrogen) atoms. The summed E-state index contributed by atoms with van der Waals surface area (Å²) in [5.74, 6) is 0. The summed E-state index contributed by atoms with van der Waals surface area (Å²) < 4.78 is 0. The standard InChI is InChI=1S/C12H11ClN2/c13-12-10(7-14)6-11(8-15-12)9-4-2-1-3-5-9/h1-6,8H,7,14H2. The van der Waals surface area contributed by atoms with Gasteiger partial charge in [-0.2, -0.15) is 0 Å². The lowest BCUT2D eigenvalue weighted by Crippen LogP contribution is -1.98. The molecular weight excluding hydrogens is 208 g/mol. The van der Waals surface area contributed by atoms with E-state index in [-0.39, 0.29) is 0 Å². The molecule has 0 aliphatic rings. The van der Waals surface area contributed by atoms with Gasteiger partial charge in [-0.05, 0) is 11.6 Å². The van der Waals surface area contributed by atoms with Crippen LogP contribution in [0.15, 0.2) is 42.6 Å². The van der Waals surface area contributed by atoms with Crippen LogP contribution in [0.1, 0.15) is 5.56 Å². The summed E-state index contributed by atoms with van der Waals surface area (Å²) in [5, 5.41) is 0.484. The zero-order valence-electron chi connectivity index (χ0n) is 8.15. The molecule has 0 fully saturated rings. The van der Waals surface area contributed by atoms with Crippen LogP contribution in [-0.4, -0.2) is 4.98 Å². The molecule has 2 N–H and O–H groups in total. The van der Waals surface area contributed by atoms with Gasteiger partial charge in [0, 0.05) is 23.9 Å². The van der Waals surface area contributed by atoms with Gasteiger partial charge in [0.05, 0.1) is 0 Å². The number of nitrogens with two attached hydrogens (primary N) is 1. The third-order valence-electron chi connectivity index (χ3n) is 2.24. The highest BCUT2D eigenvalue weighted by Gasteiger charge is 2.03. The summed E-state index contributed by atoms with van der Waals surface area (Å²) in [4.78, 5) is 4.11. The molecule has 76 valence electrons. The summed E-state index contributed by atoms with van der Waals surface area (Å²) in [7, 11) is 0. The third kappa shape index (κ3) is 2.17. The first kappa shape index (κ1) is 10.1. The molecule has 2 rings (SSSR count). The summed E-state index contributed by atoms with van der Waals surface area (Å²) >= 11 is 5.89. The summed E-state index contributed by atoms with van der Waals surface area (Å²) in [6, 6.07) is 12.0. The zero-order chi connectivity index (χ0) is 10.7. The maximum atomic E-state index is 5.89. The van der Waals surface area contributed by atoms with Crippen molar-refractivity contribution < 1.29 is 0 Å². The van der Waals surface area contributed by atoms with Gasteiger partial charge < -0.3 is 5.73 Å². The number of hydrogen-bond acceptors (Lipinski definition) is 2. The number of aromatic nitrogens is 1. The van der Waals surface area contributed by atoms with Crippen LogP contribution in [0.2, 0.25) is 5.15 Å². The highest BCUT2D eigenvalue weighted by molar-refractivity contribution is 6.30. The molecule has 0 spiro atoms. The van der Waals surface area contributed by atoms with Gasteiger partial charge in [-0.1, -0.05) is 41.9 Å². The van der Waals surface area contributed by atoms with Gasteiger partial charge in [0.25, 0.3) is 0 Å². The molecule has 1 heterocycles. The Morgan fingerprint density at radius 3 is 2.53 bits per heavy atom. The van der Waals surface area contributed by atoms with E-state index < -0.39 is 0 Å². The highest BCUT2D eigenvalue weighted by Crippen LogP contribution is 2.22. The van der Waals surface area contributed by atoms with Gasteiger partial charge in [0.2, 0.25) is 0 Å². The first-order valence-electron chi connectivity index (χ1n) is 4.71. The Morgan fingerprint density at radius 1 is 1.13 bits per heavy atom. The summed E-state index contributed by atoms with van der Waals surface area (Å²) in [5.41, 5.74) is 8.61. The van der Waals surface area contributed by atoms with E-state index in [1.165, 1.54) is 0 Å². The number of halogens is 1. The molecule has 2 nitrogen and oxygen atoms in total. The van der Waals surface area contributed by atoms with Crippen molar-refractivity contribution in [2.24, 2.45) is 5.73 Å². The van der Waals surface area contributed by atoms with E-state index in [0.29, 0.717) is 11.7 Å². The fourth-order valence-electron chi connectivity index (χ4n) is 1.43. The second kappa shape index (κ2) is 4.43. The number of nitrogens with zero attached hydrogens (tertiary/aromatic N) is 1. The fraction of sp³-hybridized carbons (Fsp3) is 0.0833. The van der Waals surface area contributed by atoms with Crippen LogP contribution in [-0.2, 0) is 6.54 Å². The quantitative estimate of drug-likeness (QED) is 0.788. The first-order valence-corrected chi connectivity index (χ1v) is 5.09. The predicted molar refractivity (Wildman–Crippen MR) is 62.6 cm³/mol. The monoisotopic (exact) mass is 218 g/mol. The zero-order valence-corrected chi connectivity index (χ0v) is 8.91. The van der Waals surface area contributed by atoms with Crippen molar-refractivity contribution in [3.8, 4) is 11.1 Å². The van der Waals surface area contributed by atoms with E-state index in [1.54, 1.807) is 6.20 Å². The van der Waals surface area contributed by atoms with Crippen molar-refractivity contribution in [2.75, 3.05) is 0 Å². The Bertz CT molecular complexity index is 454. The lowest BCUT2D eigenvalue weighted by atomic mass is 10.1. The van der Waals surface area contributed by atoms with Gasteiger partial charge in [-0.25, -0.2) is 4.98 Å². The van der Waals surface area contributed by atoms with E-state index >= 15 is 0 Å². The van der Waals surface area contributed by atoms with Crippen molar-refractivity contribution in [3.05, 3.63) is 53.3 Å². The van der Waals surface area contributed by atoms with Crippen LogP contribution < -0.4 is 5.73 Å². The van der Waals surface area contributed by atoms with Crippen LogP contribution in [0.25, 0.3) is 11.1 Å². The van der Waals surface area contributed by atoms with Crippen LogP contribution in [0.3, 0.4) is 0 Å². The summed E-state index contributed by atoms with van der Waals surface area (Å²) in [6.07, 6.45) is 1.76. The Hall–Kier alpha value is -1.38. The highest BCUT2D eigenvalue weighted by atomic mass is 35.5. The minimum Gasteiger partial charge on any atom is -0.326 e. The Labute approximate surface area is 93.7 Å². The third-order valence-corrected chi connectivity index (χ3v) is 2.58. The van der Waals surface area contributed by atoms with Gasteiger partial charge in [0.15, 0.2) is 0 Å². The molecule has 0 aliphatic heterocycles. The normalized spacial score (nSPS) is 10.3. The van der Waals surface area contributed by atoms with E-state index in [1.807, 2.05) is 36.4 Å². The van der Waals surface area contributed by atoms with E-state index in [9.17, 15) is 0 Å².